The molecule has 2 amide bonds. The lowest BCUT2D eigenvalue weighted by Gasteiger charge is -2.25. The molecule has 0 N–H and O–H groups in total. The van der Waals surface area contributed by atoms with Gasteiger partial charge < -0.3 is 0 Å². The average Bonchev–Trinajstić information content (AvgIpc) is 3.02. The van der Waals surface area contributed by atoms with Crippen LogP contribution >= 0.6 is 11.8 Å². The number of carbonyl (C=O) groups excluding carboxylic acids is 2. The van der Waals surface area contributed by atoms with Crippen LogP contribution in [-0.2, 0) is 9.59 Å². The summed E-state index contributed by atoms with van der Waals surface area (Å²) < 4.78 is 0. The number of hydrogen-bond donors (Lipinski definition) is 0. The molecule has 0 aromatic heterocycles. The highest BCUT2D eigenvalue weighted by atomic mass is 32.2. The molecule has 4 rings (SSSR count). The molecule has 1 fully saturated rings. The maximum atomic E-state index is 13.3. The van der Waals surface area contributed by atoms with Gasteiger partial charge in [0.1, 0.15) is 11.0 Å². The minimum Gasteiger partial charge on any atom is -0.271 e. The summed E-state index contributed by atoms with van der Waals surface area (Å²) in [6.07, 6.45) is 0. The molecule has 0 bridgehead atoms. The summed E-state index contributed by atoms with van der Waals surface area (Å²) in [6, 6.07) is 28.4. The van der Waals surface area contributed by atoms with Gasteiger partial charge in [-0.15, -0.1) is 11.8 Å². The van der Waals surface area contributed by atoms with Crippen LogP contribution in [0.3, 0.4) is 0 Å². The fourth-order valence-corrected chi connectivity index (χ4v) is 4.52. The van der Waals surface area contributed by atoms with Crippen molar-refractivity contribution in [1.82, 2.24) is 5.01 Å². The summed E-state index contributed by atoms with van der Waals surface area (Å²) in [4.78, 5) is 31.9. The molecular weight excluding hydrogens is 406 g/mol. The van der Waals surface area contributed by atoms with Crippen molar-refractivity contribution in [2.45, 2.75) is 23.1 Å². The molecule has 1 heterocycles. The largest absolute Gasteiger partial charge is 0.289 e. The number of nitrogens with zero attached hydrogens (tertiary/aromatic N) is 3. The number of hydrogen-bond acceptors (Lipinski definition) is 4. The Morgan fingerprint density at radius 2 is 1.45 bits per heavy atom. The van der Waals surface area contributed by atoms with Crippen molar-refractivity contribution < 1.29 is 9.59 Å². The molecule has 5 nitrogen and oxygen atoms in total. The van der Waals surface area contributed by atoms with E-state index in [1.165, 1.54) is 11.8 Å². The molecular formula is C25H23N3O2S. The van der Waals surface area contributed by atoms with Crippen LogP contribution in [0.5, 0.6) is 0 Å². The number of hydrazine groups is 1. The standard InChI is InChI=1S/C25H23N3O2S/c1-18-22(25(30)28(27(18)2)20-14-8-4-9-15-20)26-24(29)23(19-12-6-3-7-13-19)31-21-16-10-5-11-17-21/h3-18,23H,1-2H3. The monoisotopic (exact) mass is 429 g/mol. The first-order valence-corrected chi connectivity index (χ1v) is 11.0. The molecule has 3 aromatic rings. The summed E-state index contributed by atoms with van der Waals surface area (Å²) in [6.45, 7) is 1.88. The molecule has 1 aliphatic rings. The first kappa shape index (κ1) is 21.0. The summed E-state index contributed by atoms with van der Waals surface area (Å²) >= 11 is 1.44. The Balaban J connectivity index is 1.66. The van der Waals surface area contributed by atoms with Crippen LogP contribution < -0.4 is 5.01 Å². The third kappa shape index (κ3) is 4.45. The van der Waals surface area contributed by atoms with Gasteiger partial charge in [0, 0.05) is 11.9 Å². The van der Waals surface area contributed by atoms with Gasteiger partial charge >= 0.3 is 0 Å². The predicted molar refractivity (Wildman–Crippen MR) is 125 cm³/mol. The lowest BCUT2D eigenvalue weighted by molar-refractivity contribution is -0.118. The highest BCUT2D eigenvalue weighted by Gasteiger charge is 2.41. The van der Waals surface area contributed by atoms with Crippen LogP contribution in [0, 0.1) is 0 Å². The molecule has 31 heavy (non-hydrogen) atoms. The molecule has 0 aliphatic carbocycles. The number of anilines is 1. The molecule has 6 heteroatoms. The third-order valence-corrected chi connectivity index (χ3v) is 6.49. The van der Waals surface area contributed by atoms with Crippen LogP contribution in [0.1, 0.15) is 17.7 Å². The summed E-state index contributed by atoms with van der Waals surface area (Å²) in [5.74, 6) is -0.607. The Morgan fingerprint density at radius 3 is 2.06 bits per heavy atom. The molecule has 1 saturated heterocycles. The fourth-order valence-electron chi connectivity index (χ4n) is 3.49. The van der Waals surface area contributed by atoms with Gasteiger partial charge in [-0.3, -0.25) is 9.59 Å². The van der Waals surface area contributed by atoms with Crippen molar-refractivity contribution in [2.24, 2.45) is 4.99 Å². The van der Waals surface area contributed by atoms with Crippen LogP contribution in [-0.4, -0.2) is 35.6 Å². The Morgan fingerprint density at radius 1 is 0.903 bits per heavy atom. The van der Waals surface area contributed by atoms with E-state index < -0.39 is 5.25 Å². The second kappa shape index (κ2) is 9.29. The molecule has 0 radical (unpaired) electrons. The number of para-hydroxylation sites is 1. The van der Waals surface area contributed by atoms with Crippen molar-refractivity contribution in [1.29, 1.82) is 0 Å². The van der Waals surface area contributed by atoms with Gasteiger partial charge in [0.15, 0.2) is 0 Å². The van der Waals surface area contributed by atoms with Crippen LogP contribution in [0.25, 0.3) is 0 Å². The zero-order chi connectivity index (χ0) is 21.8. The van der Waals surface area contributed by atoms with Crippen LogP contribution in [0.4, 0.5) is 5.69 Å². The Hall–Kier alpha value is -3.22. The minimum atomic E-state index is -0.535. The quantitative estimate of drug-likeness (QED) is 0.548. The average molecular weight is 430 g/mol. The molecule has 0 spiro atoms. The summed E-state index contributed by atoms with van der Waals surface area (Å²) in [5.41, 5.74) is 1.86. The molecule has 1 aliphatic heterocycles. The first-order valence-electron chi connectivity index (χ1n) is 10.1. The van der Waals surface area contributed by atoms with Gasteiger partial charge in [-0.2, -0.15) is 0 Å². The highest BCUT2D eigenvalue weighted by molar-refractivity contribution is 8.00. The number of amides is 2. The maximum absolute atomic E-state index is 13.3. The predicted octanol–water partition coefficient (Wildman–Crippen LogP) is 4.77. The molecule has 0 saturated carbocycles. The fraction of sp³-hybridized carbons (Fsp3) is 0.160. The zero-order valence-electron chi connectivity index (χ0n) is 17.4. The van der Waals surface area contributed by atoms with Gasteiger partial charge in [-0.1, -0.05) is 66.7 Å². The SMILES string of the molecule is CC1C(=NC(=O)C(Sc2ccccc2)c2ccccc2)C(=O)N(c2ccccc2)N1C. The summed E-state index contributed by atoms with van der Waals surface area (Å²) in [7, 11) is 1.83. The minimum absolute atomic E-state index is 0.256. The van der Waals surface area contributed by atoms with E-state index in [1.54, 1.807) is 5.01 Å². The number of aliphatic imine (C=N–C) groups is 1. The lowest BCUT2D eigenvalue weighted by Crippen LogP contribution is -2.38. The second-order valence-electron chi connectivity index (χ2n) is 7.26. The lowest BCUT2D eigenvalue weighted by atomic mass is 10.1. The molecule has 156 valence electrons. The van der Waals surface area contributed by atoms with E-state index in [4.69, 9.17) is 0 Å². The van der Waals surface area contributed by atoms with Crippen LogP contribution in [0.2, 0.25) is 0 Å². The maximum Gasteiger partial charge on any atom is 0.289 e. The smallest absolute Gasteiger partial charge is 0.271 e. The number of thioether (sulfide) groups is 1. The Labute approximate surface area is 186 Å². The van der Waals surface area contributed by atoms with Crippen molar-refractivity contribution in [2.75, 3.05) is 12.1 Å². The number of benzene rings is 3. The van der Waals surface area contributed by atoms with E-state index in [2.05, 4.69) is 4.99 Å². The van der Waals surface area contributed by atoms with Gasteiger partial charge in [-0.25, -0.2) is 15.0 Å². The second-order valence-corrected chi connectivity index (χ2v) is 8.44. The molecule has 2 atom stereocenters. The van der Waals surface area contributed by atoms with E-state index in [0.29, 0.717) is 0 Å². The first-order chi connectivity index (χ1) is 15.1. The van der Waals surface area contributed by atoms with E-state index in [0.717, 1.165) is 16.1 Å². The highest BCUT2D eigenvalue weighted by Crippen LogP contribution is 2.36. The van der Waals surface area contributed by atoms with Crippen molar-refractivity contribution >= 4 is 35.0 Å². The van der Waals surface area contributed by atoms with Gasteiger partial charge in [0.2, 0.25) is 0 Å². The van der Waals surface area contributed by atoms with Gasteiger partial charge in [0.25, 0.3) is 11.8 Å². The molecule has 3 aromatic carbocycles. The van der Waals surface area contributed by atoms with Crippen molar-refractivity contribution in [3.8, 4) is 0 Å². The topological polar surface area (TPSA) is 53.0 Å². The zero-order valence-corrected chi connectivity index (χ0v) is 18.2. The Kier molecular flexibility index (Phi) is 6.30. The van der Waals surface area contributed by atoms with Crippen molar-refractivity contribution in [3.63, 3.8) is 0 Å². The third-order valence-electron chi connectivity index (χ3n) is 5.24. The van der Waals surface area contributed by atoms with Gasteiger partial charge in [0.05, 0.1) is 11.7 Å². The van der Waals surface area contributed by atoms with E-state index in [1.807, 2.05) is 110 Å². The number of carbonyl (C=O) groups is 2. The Bertz CT molecular complexity index is 1090. The molecule has 2 unspecified atom stereocenters. The number of rotatable bonds is 5. The van der Waals surface area contributed by atoms with E-state index >= 15 is 0 Å². The van der Waals surface area contributed by atoms with Gasteiger partial charge in [-0.05, 0) is 36.8 Å². The summed E-state index contributed by atoms with van der Waals surface area (Å²) in [5, 5.41) is 2.84. The van der Waals surface area contributed by atoms with Crippen molar-refractivity contribution in [3.05, 3.63) is 96.6 Å². The van der Waals surface area contributed by atoms with E-state index in [-0.39, 0.29) is 23.6 Å². The van der Waals surface area contributed by atoms with E-state index in [9.17, 15) is 9.59 Å². The normalized spacial score (nSPS) is 19.0. The van der Waals surface area contributed by atoms with Crippen LogP contribution in [0.15, 0.2) is 101 Å².